The number of carbonyl (C=O) groups excluding carboxylic acids is 1. The molecule has 0 spiro atoms. The van der Waals surface area contributed by atoms with Gasteiger partial charge in [-0.1, -0.05) is 0 Å². The van der Waals surface area contributed by atoms with Crippen LogP contribution in [0.1, 0.15) is 6.92 Å². The maximum atomic E-state index is 10.5. The summed E-state index contributed by atoms with van der Waals surface area (Å²) >= 11 is 0. The van der Waals surface area contributed by atoms with E-state index in [1.165, 1.54) is 14.2 Å². The lowest BCUT2D eigenvalue weighted by molar-refractivity contribution is -0.144. The topological polar surface area (TPSA) is 54.0 Å². The number of carbonyl (C=O) groups is 1. The summed E-state index contributed by atoms with van der Waals surface area (Å²) in [6.07, 6.45) is -0.325. The molecule has 0 rings (SSSR count). The summed E-state index contributed by atoms with van der Waals surface area (Å²) in [7, 11) is 0.277. The van der Waals surface area contributed by atoms with Crippen LogP contribution in [0.15, 0.2) is 0 Å². The predicted molar refractivity (Wildman–Crippen MR) is 48.2 cm³/mol. The van der Waals surface area contributed by atoms with E-state index in [0.717, 1.165) is 0 Å². The van der Waals surface area contributed by atoms with Gasteiger partial charge in [0.05, 0.1) is 0 Å². The molecule has 0 aromatic heterocycles. The maximum absolute atomic E-state index is 10.5. The van der Waals surface area contributed by atoms with Gasteiger partial charge >= 0.3 is 8.80 Å². The Morgan fingerprint density at radius 3 is 2.23 bits per heavy atom. The average Bonchev–Trinajstić information content (AvgIpc) is 2.17. The van der Waals surface area contributed by atoms with Gasteiger partial charge in [0.15, 0.2) is 6.29 Å². The molecule has 0 fully saturated rings. The van der Waals surface area contributed by atoms with E-state index < -0.39 is 15.1 Å². The number of hydrogen-bond donors (Lipinski definition) is 0. The van der Waals surface area contributed by atoms with Crippen LogP contribution >= 0.6 is 0 Å². The quantitative estimate of drug-likeness (QED) is 0.345. The number of ether oxygens (including phenoxy) is 1. The molecule has 1 unspecified atom stereocenters. The monoisotopic (exact) mass is 208 g/mol. The highest BCUT2D eigenvalue weighted by molar-refractivity contribution is 6.59. The van der Waals surface area contributed by atoms with Crippen molar-refractivity contribution in [3.05, 3.63) is 0 Å². The van der Waals surface area contributed by atoms with Gasteiger partial charge in [0.25, 0.3) is 0 Å². The molecule has 0 radical (unpaired) electrons. The highest BCUT2D eigenvalue weighted by atomic mass is 28.4. The summed E-state index contributed by atoms with van der Waals surface area (Å²) < 4.78 is 20.2. The molecule has 0 N–H and O–H groups in total. The van der Waals surface area contributed by atoms with Gasteiger partial charge in [-0.25, -0.2) is 0 Å². The van der Waals surface area contributed by atoms with Crippen molar-refractivity contribution in [3.8, 4) is 0 Å². The molecule has 5 nitrogen and oxygen atoms in total. The van der Waals surface area contributed by atoms with Gasteiger partial charge in [-0.05, 0) is 6.92 Å². The molecule has 0 aliphatic carbocycles. The Bertz CT molecular complexity index is 148. The third-order valence-corrected chi connectivity index (χ3v) is 3.66. The highest BCUT2D eigenvalue weighted by Crippen LogP contribution is 2.09. The normalized spacial score (nSPS) is 14.2. The van der Waals surface area contributed by atoms with Crippen LogP contribution in [0.2, 0.25) is 6.55 Å². The Balaban J connectivity index is 4.10. The van der Waals surface area contributed by atoms with Gasteiger partial charge in [-0.15, -0.1) is 0 Å². The first-order valence-electron chi connectivity index (χ1n) is 3.97. The molecule has 0 bridgehead atoms. The molecule has 1 atom stereocenters. The molecule has 0 saturated carbocycles. The van der Waals surface area contributed by atoms with E-state index >= 15 is 0 Å². The zero-order valence-electron chi connectivity index (χ0n) is 8.40. The third kappa shape index (κ3) is 4.49. The maximum Gasteiger partial charge on any atom is 0.499 e. The van der Waals surface area contributed by atoms with E-state index in [1.54, 1.807) is 13.5 Å². The summed E-state index contributed by atoms with van der Waals surface area (Å²) in [4.78, 5) is 10.5. The molecule has 0 aromatic rings. The minimum Gasteiger partial charge on any atom is -0.377 e. The number of aldehydes is 1. The highest BCUT2D eigenvalue weighted by Gasteiger charge is 2.35. The Morgan fingerprint density at radius 2 is 1.92 bits per heavy atom. The van der Waals surface area contributed by atoms with E-state index in [0.29, 0.717) is 12.9 Å². The lowest BCUT2D eigenvalue weighted by atomic mass is 10.7. The molecule has 0 aromatic carbocycles. The van der Waals surface area contributed by atoms with Gasteiger partial charge in [0.2, 0.25) is 6.29 Å². The minimum absolute atomic E-state index is 0.404. The number of hydrogen-bond acceptors (Lipinski definition) is 5. The van der Waals surface area contributed by atoms with E-state index in [1.807, 2.05) is 0 Å². The molecular formula is C7H16O5Si. The van der Waals surface area contributed by atoms with Crippen LogP contribution < -0.4 is 0 Å². The van der Waals surface area contributed by atoms with Crippen LogP contribution in [0.4, 0.5) is 0 Å². The Labute approximate surface area is 79.3 Å². The van der Waals surface area contributed by atoms with Crippen LogP contribution in [-0.4, -0.2) is 42.2 Å². The van der Waals surface area contributed by atoms with Gasteiger partial charge in [0, 0.05) is 27.4 Å². The summed E-state index contributed by atoms with van der Waals surface area (Å²) in [6, 6.07) is 0. The third-order valence-electron chi connectivity index (χ3n) is 1.51. The SMILES string of the molecule is CCOC(C=O)O[Si](C)(OC)OC. The second-order valence-electron chi connectivity index (χ2n) is 2.35. The lowest BCUT2D eigenvalue weighted by Crippen LogP contribution is -2.44. The molecule has 78 valence electrons. The average molecular weight is 208 g/mol. The Hall–Kier alpha value is -0.273. The Morgan fingerprint density at radius 1 is 1.38 bits per heavy atom. The van der Waals surface area contributed by atoms with Crippen molar-refractivity contribution >= 4 is 15.1 Å². The first-order valence-corrected chi connectivity index (χ1v) is 6.19. The van der Waals surface area contributed by atoms with Crippen molar-refractivity contribution < 1.29 is 22.8 Å². The first kappa shape index (κ1) is 12.7. The smallest absolute Gasteiger partial charge is 0.377 e. The Kier molecular flexibility index (Phi) is 6.09. The van der Waals surface area contributed by atoms with Crippen LogP contribution in [-0.2, 0) is 22.8 Å². The predicted octanol–water partition coefficient (Wildman–Crippen LogP) is 0.426. The van der Waals surface area contributed by atoms with E-state index in [4.69, 9.17) is 18.0 Å². The zero-order valence-corrected chi connectivity index (χ0v) is 9.40. The van der Waals surface area contributed by atoms with Crippen molar-refractivity contribution in [1.29, 1.82) is 0 Å². The second-order valence-corrected chi connectivity index (χ2v) is 5.13. The van der Waals surface area contributed by atoms with Crippen molar-refractivity contribution in [2.75, 3.05) is 20.8 Å². The fraction of sp³-hybridized carbons (Fsp3) is 0.857. The fourth-order valence-corrected chi connectivity index (χ4v) is 1.56. The second kappa shape index (κ2) is 6.22. The zero-order chi connectivity index (χ0) is 10.3. The van der Waals surface area contributed by atoms with Gasteiger partial charge in [-0.2, -0.15) is 0 Å². The molecule has 0 amide bonds. The molecular weight excluding hydrogens is 192 g/mol. The summed E-state index contributed by atoms with van der Waals surface area (Å²) in [5, 5.41) is 0. The summed E-state index contributed by atoms with van der Waals surface area (Å²) in [5.41, 5.74) is 0. The molecule has 13 heavy (non-hydrogen) atoms. The van der Waals surface area contributed by atoms with Crippen LogP contribution in [0.25, 0.3) is 0 Å². The largest absolute Gasteiger partial charge is 0.499 e. The minimum atomic E-state index is -2.67. The molecule has 0 heterocycles. The van der Waals surface area contributed by atoms with Crippen LogP contribution in [0, 0.1) is 0 Å². The van der Waals surface area contributed by atoms with Crippen LogP contribution in [0.3, 0.4) is 0 Å². The number of rotatable bonds is 7. The molecule has 6 heteroatoms. The lowest BCUT2D eigenvalue weighted by Gasteiger charge is -2.24. The van der Waals surface area contributed by atoms with Crippen molar-refractivity contribution in [2.45, 2.75) is 19.8 Å². The molecule has 0 aliphatic heterocycles. The molecule has 0 saturated heterocycles. The van der Waals surface area contributed by atoms with Crippen LogP contribution in [0.5, 0.6) is 0 Å². The standard InChI is InChI=1S/C7H16O5Si/c1-5-11-7(6-8)12-13(4,9-2)10-3/h6-7H,5H2,1-4H3. The fourth-order valence-electron chi connectivity index (χ4n) is 0.656. The summed E-state index contributed by atoms with van der Waals surface area (Å²) in [5.74, 6) is 0. The summed E-state index contributed by atoms with van der Waals surface area (Å²) in [6.45, 7) is 3.86. The van der Waals surface area contributed by atoms with Crippen molar-refractivity contribution in [1.82, 2.24) is 0 Å². The van der Waals surface area contributed by atoms with Gasteiger partial charge < -0.3 is 18.0 Å². The van der Waals surface area contributed by atoms with Crippen molar-refractivity contribution in [3.63, 3.8) is 0 Å². The first-order chi connectivity index (χ1) is 6.11. The molecule has 0 aliphatic rings. The van der Waals surface area contributed by atoms with E-state index in [2.05, 4.69) is 0 Å². The van der Waals surface area contributed by atoms with Gasteiger partial charge in [0.1, 0.15) is 0 Å². The van der Waals surface area contributed by atoms with E-state index in [9.17, 15) is 4.79 Å². The van der Waals surface area contributed by atoms with Gasteiger partial charge in [-0.3, -0.25) is 4.79 Å². The van der Waals surface area contributed by atoms with E-state index in [-0.39, 0.29) is 0 Å². The van der Waals surface area contributed by atoms with Crippen molar-refractivity contribution in [2.24, 2.45) is 0 Å².